The van der Waals surface area contributed by atoms with E-state index in [0.717, 1.165) is 0 Å². The van der Waals surface area contributed by atoms with Crippen LogP contribution < -0.4 is 5.14 Å². The van der Waals surface area contributed by atoms with Crippen LogP contribution in [-0.2, 0) is 15.8 Å². The van der Waals surface area contributed by atoms with Gasteiger partial charge in [-0.1, -0.05) is 11.6 Å². The highest BCUT2D eigenvalue weighted by atomic mass is 35.5. The molecule has 0 amide bonds. The molecule has 0 radical (unpaired) electrons. The summed E-state index contributed by atoms with van der Waals surface area (Å²) in [6.07, 6.45) is 0. The molecule has 0 aliphatic rings. The Morgan fingerprint density at radius 1 is 1.64 bits per heavy atom. The third-order valence-electron chi connectivity index (χ3n) is 1.02. The fraction of sp³-hybridized carbons (Fsp3) is 0.200. The standard InChI is InChI=1S/C5H6ClNO2S2/c6-4-1-2-10-5(4)3-11(7,8)9/h1-2H,3H2,(H2,7,8,9). The molecule has 0 spiro atoms. The zero-order valence-corrected chi connectivity index (χ0v) is 7.84. The number of nitrogens with two attached hydrogens (primary N) is 1. The zero-order chi connectivity index (χ0) is 8.48. The minimum absolute atomic E-state index is 0.177. The first-order chi connectivity index (χ1) is 4.99. The van der Waals surface area contributed by atoms with Gasteiger partial charge in [0.25, 0.3) is 0 Å². The number of sulfonamides is 1. The molecule has 1 heterocycles. The summed E-state index contributed by atoms with van der Waals surface area (Å²) in [5, 5.41) is 7.00. The van der Waals surface area contributed by atoms with Gasteiger partial charge in [-0.15, -0.1) is 11.3 Å². The molecule has 0 bridgehead atoms. The van der Waals surface area contributed by atoms with Crippen molar-refractivity contribution < 1.29 is 8.42 Å². The predicted octanol–water partition coefficient (Wildman–Crippen LogP) is 1.19. The summed E-state index contributed by atoms with van der Waals surface area (Å²) >= 11 is 6.92. The molecule has 1 aromatic heterocycles. The maximum Gasteiger partial charge on any atom is 0.214 e. The van der Waals surface area contributed by atoms with Gasteiger partial charge >= 0.3 is 0 Å². The van der Waals surface area contributed by atoms with Crippen LogP contribution in [0.25, 0.3) is 0 Å². The maximum atomic E-state index is 10.6. The van der Waals surface area contributed by atoms with Gasteiger partial charge < -0.3 is 0 Å². The smallest absolute Gasteiger partial charge is 0.214 e. The van der Waals surface area contributed by atoms with E-state index in [2.05, 4.69) is 0 Å². The van der Waals surface area contributed by atoms with E-state index in [1.165, 1.54) is 11.3 Å². The molecule has 6 heteroatoms. The van der Waals surface area contributed by atoms with Crippen molar-refractivity contribution in [1.82, 2.24) is 0 Å². The van der Waals surface area contributed by atoms with Gasteiger partial charge in [0.05, 0.1) is 10.8 Å². The minimum atomic E-state index is -3.44. The summed E-state index contributed by atoms with van der Waals surface area (Å²) in [6, 6.07) is 1.65. The second-order valence-corrected chi connectivity index (χ2v) is 5.02. The van der Waals surface area contributed by atoms with E-state index in [9.17, 15) is 8.42 Å². The quantitative estimate of drug-likeness (QED) is 0.799. The maximum absolute atomic E-state index is 10.6. The Morgan fingerprint density at radius 2 is 2.27 bits per heavy atom. The van der Waals surface area contributed by atoms with Crippen LogP contribution in [0, 0.1) is 0 Å². The van der Waals surface area contributed by atoms with Crippen LogP contribution in [0.2, 0.25) is 5.02 Å². The number of halogens is 1. The van der Waals surface area contributed by atoms with Gasteiger partial charge in [-0.25, -0.2) is 13.6 Å². The summed E-state index contributed by atoms with van der Waals surface area (Å²) < 4.78 is 21.2. The van der Waals surface area contributed by atoms with Crippen molar-refractivity contribution in [3.63, 3.8) is 0 Å². The molecule has 0 unspecified atom stereocenters. The SMILES string of the molecule is NS(=O)(=O)Cc1sccc1Cl. The third-order valence-corrected chi connectivity index (χ3v) is 3.28. The highest BCUT2D eigenvalue weighted by molar-refractivity contribution is 7.88. The molecule has 0 saturated heterocycles. The van der Waals surface area contributed by atoms with Crippen LogP contribution in [0.4, 0.5) is 0 Å². The van der Waals surface area contributed by atoms with Crippen LogP contribution in [0.5, 0.6) is 0 Å². The first kappa shape index (κ1) is 8.99. The first-order valence-electron chi connectivity index (χ1n) is 2.71. The van der Waals surface area contributed by atoms with Crippen LogP contribution in [0.15, 0.2) is 11.4 Å². The van der Waals surface area contributed by atoms with Crippen LogP contribution >= 0.6 is 22.9 Å². The van der Waals surface area contributed by atoms with E-state index >= 15 is 0 Å². The Balaban J connectivity index is 2.89. The largest absolute Gasteiger partial charge is 0.228 e. The van der Waals surface area contributed by atoms with E-state index in [1.807, 2.05) is 0 Å². The molecule has 0 aliphatic carbocycles. The molecule has 1 rings (SSSR count). The lowest BCUT2D eigenvalue weighted by molar-refractivity contribution is 0.597. The molecule has 11 heavy (non-hydrogen) atoms. The van der Waals surface area contributed by atoms with Gasteiger partial charge in [-0.2, -0.15) is 0 Å². The molecule has 0 fully saturated rings. The topological polar surface area (TPSA) is 60.2 Å². The van der Waals surface area contributed by atoms with E-state index in [0.29, 0.717) is 9.90 Å². The van der Waals surface area contributed by atoms with Crippen LogP contribution in [0.1, 0.15) is 4.88 Å². The number of hydrogen-bond donors (Lipinski definition) is 1. The second kappa shape index (κ2) is 3.10. The fourth-order valence-electron chi connectivity index (χ4n) is 0.611. The van der Waals surface area contributed by atoms with E-state index in [1.54, 1.807) is 11.4 Å². The van der Waals surface area contributed by atoms with Crippen LogP contribution in [0.3, 0.4) is 0 Å². The highest BCUT2D eigenvalue weighted by Gasteiger charge is 2.09. The van der Waals surface area contributed by atoms with Crippen molar-refractivity contribution in [3.8, 4) is 0 Å². The van der Waals surface area contributed by atoms with Gasteiger partial charge in [-0.3, -0.25) is 0 Å². The average Bonchev–Trinajstić information content (AvgIpc) is 2.12. The Hall–Kier alpha value is -0.100. The third kappa shape index (κ3) is 2.78. The first-order valence-corrected chi connectivity index (χ1v) is 5.69. The molecule has 0 aliphatic heterocycles. The number of thiophene rings is 1. The van der Waals surface area contributed by atoms with E-state index < -0.39 is 10.0 Å². The van der Waals surface area contributed by atoms with Crippen molar-refractivity contribution in [2.45, 2.75) is 5.75 Å². The summed E-state index contributed by atoms with van der Waals surface area (Å²) in [6.45, 7) is 0. The number of rotatable bonds is 2. The molecule has 0 aromatic carbocycles. The van der Waals surface area contributed by atoms with Gasteiger partial charge in [0.15, 0.2) is 0 Å². The molecule has 1 aromatic rings. The molecular weight excluding hydrogens is 206 g/mol. The Kier molecular flexibility index (Phi) is 2.54. The Labute approximate surface area is 73.8 Å². The lowest BCUT2D eigenvalue weighted by atomic mass is 10.5. The van der Waals surface area contributed by atoms with Crippen molar-refractivity contribution >= 4 is 33.0 Å². The molecular formula is C5H6ClNO2S2. The Morgan fingerprint density at radius 3 is 2.64 bits per heavy atom. The van der Waals surface area contributed by atoms with Crippen molar-refractivity contribution in [1.29, 1.82) is 0 Å². The highest BCUT2D eigenvalue weighted by Crippen LogP contribution is 2.23. The fourth-order valence-corrected chi connectivity index (χ4v) is 2.86. The summed E-state index contributed by atoms with van der Waals surface area (Å²) in [5.74, 6) is -0.177. The van der Waals surface area contributed by atoms with E-state index in [4.69, 9.17) is 16.7 Å². The Bertz CT molecular complexity index is 343. The van der Waals surface area contributed by atoms with Gasteiger partial charge in [0.1, 0.15) is 0 Å². The molecule has 3 nitrogen and oxygen atoms in total. The van der Waals surface area contributed by atoms with Gasteiger partial charge in [0.2, 0.25) is 10.0 Å². The summed E-state index contributed by atoms with van der Waals surface area (Å²) in [4.78, 5) is 0.592. The predicted molar refractivity (Wildman–Crippen MR) is 46.1 cm³/mol. The van der Waals surface area contributed by atoms with Crippen molar-refractivity contribution in [2.75, 3.05) is 0 Å². The second-order valence-electron chi connectivity index (χ2n) is 2.00. The lowest BCUT2D eigenvalue weighted by Crippen LogP contribution is -2.13. The molecule has 62 valence electrons. The van der Waals surface area contributed by atoms with E-state index in [-0.39, 0.29) is 5.75 Å². The summed E-state index contributed by atoms with van der Waals surface area (Å²) in [7, 11) is -3.44. The van der Waals surface area contributed by atoms with Gasteiger partial charge in [-0.05, 0) is 11.4 Å². The number of hydrogen-bond acceptors (Lipinski definition) is 3. The normalized spacial score (nSPS) is 11.8. The lowest BCUT2D eigenvalue weighted by Gasteiger charge is -1.93. The van der Waals surface area contributed by atoms with Gasteiger partial charge in [0, 0.05) is 4.88 Å². The molecule has 0 saturated carbocycles. The monoisotopic (exact) mass is 211 g/mol. The zero-order valence-electron chi connectivity index (χ0n) is 5.45. The number of primary sulfonamides is 1. The minimum Gasteiger partial charge on any atom is -0.228 e. The van der Waals surface area contributed by atoms with Crippen LogP contribution in [-0.4, -0.2) is 8.42 Å². The van der Waals surface area contributed by atoms with Crippen molar-refractivity contribution in [3.05, 3.63) is 21.3 Å². The molecule has 0 atom stereocenters. The molecule has 2 N–H and O–H groups in total. The summed E-state index contributed by atoms with van der Waals surface area (Å²) in [5.41, 5.74) is 0. The average molecular weight is 212 g/mol. The van der Waals surface area contributed by atoms with Crippen molar-refractivity contribution in [2.24, 2.45) is 5.14 Å².